The number of carbonyl (C=O) groups is 2. The van der Waals surface area contributed by atoms with Crippen molar-refractivity contribution in [1.29, 1.82) is 0 Å². The molecule has 1 aliphatic heterocycles. The Balaban J connectivity index is 1.73. The molecule has 1 aliphatic rings. The summed E-state index contributed by atoms with van der Waals surface area (Å²) in [6.07, 6.45) is 2.02. The summed E-state index contributed by atoms with van der Waals surface area (Å²) in [5.41, 5.74) is 1.62. The predicted octanol–water partition coefficient (Wildman–Crippen LogP) is 1.50. The Bertz CT molecular complexity index is 1100. The number of H-pyrrole nitrogens is 1. The van der Waals surface area contributed by atoms with E-state index in [4.69, 9.17) is 4.74 Å². The maximum Gasteiger partial charge on any atom is 0.329 e. The zero-order chi connectivity index (χ0) is 19.8. The first kappa shape index (κ1) is 18.0. The zero-order valence-electron chi connectivity index (χ0n) is 15.6. The SMILES string of the molecule is COC(=O)C1C(c2ccccc2)CCN1C(=O)c1cn2nc(C)cc2[nH]c1=O. The third-order valence-corrected chi connectivity index (χ3v) is 5.16. The first-order valence-electron chi connectivity index (χ1n) is 9.02. The lowest BCUT2D eigenvalue weighted by Gasteiger charge is -2.26. The molecule has 1 N–H and O–H groups in total. The first-order valence-corrected chi connectivity index (χ1v) is 9.02. The van der Waals surface area contributed by atoms with Crippen LogP contribution in [0.2, 0.25) is 0 Å². The summed E-state index contributed by atoms with van der Waals surface area (Å²) in [4.78, 5) is 42.3. The fourth-order valence-electron chi connectivity index (χ4n) is 3.86. The van der Waals surface area contributed by atoms with Gasteiger partial charge in [0.1, 0.15) is 17.3 Å². The van der Waals surface area contributed by atoms with Crippen molar-refractivity contribution in [3.63, 3.8) is 0 Å². The van der Waals surface area contributed by atoms with E-state index in [0.717, 1.165) is 11.3 Å². The number of amides is 1. The third-order valence-electron chi connectivity index (χ3n) is 5.16. The molecule has 0 bridgehead atoms. The van der Waals surface area contributed by atoms with Crippen LogP contribution in [-0.2, 0) is 9.53 Å². The second-order valence-corrected chi connectivity index (χ2v) is 6.88. The highest BCUT2D eigenvalue weighted by Crippen LogP contribution is 2.34. The predicted molar refractivity (Wildman–Crippen MR) is 101 cm³/mol. The second kappa shape index (κ2) is 6.95. The van der Waals surface area contributed by atoms with Crippen LogP contribution in [0.15, 0.2) is 47.4 Å². The topological polar surface area (TPSA) is 96.8 Å². The molecule has 1 fully saturated rings. The number of ether oxygens (including phenoxy) is 1. The van der Waals surface area contributed by atoms with Crippen LogP contribution in [0.4, 0.5) is 0 Å². The maximum absolute atomic E-state index is 13.2. The molecule has 4 rings (SSSR count). The van der Waals surface area contributed by atoms with Crippen molar-refractivity contribution in [1.82, 2.24) is 19.5 Å². The highest BCUT2D eigenvalue weighted by molar-refractivity contribution is 5.97. The number of hydrogen-bond donors (Lipinski definition) is 1. The lowest BCUT2D eigenvalue weighted by molar-refractivity contribution is -0.145. The van der Waals surface area contributed by atoms with Crippen molar-refractivity contribution in [3.8, 4) is 0 Å². The Labute approximate surface area is 160 Å². The normalized spacial score (nSPS) is 19.1. The molecular weight excluding hydrogens is 360 g/mol. The molecule has 1 amide bonds. The van der Waals surface area contributed by atoms with Gasteiger partial charge in [-0.25, -0.2) is 9.31 Å². The van der Waals surface area contributed by atoms with Crippen molar-refractivity contribution in [2.24, 2.45) is 0 Å². The van der Waals surface area contributed by atoms with Crippen LogP contribution in [0.5, 0.6) is 0 Å². The van der Waals surface area contributed by atoms with E-state index in [1.807, 2.05) is 30.3 Å². The van der Waals surface area contributed by atoms with Gasteiger partial charge in [0.25, 0.3) is 11.5 Å². The number of hydrogen-bond acceptors (Lipinski definition) is 5. The van der Waals surface area contributed by atoms with E-state index in [0.29, 0.717) is 18.6 Å². The Morgan fingerprint density at radius 1 is 1.25 bits per heavy atom. The van der Waals surface area contributed by atoms with Crippen molar-refractivity contribution in [2.45, 2.75) is 25.3 Å². The molecule has 1 saturated heterocycles. The largest absolute Gasteiger partial charge is 0.467 e. The molecule has 2 aromatic heterocycles. The summed E-state index contributed by atoms with van der Waals surface area (Å²) in [5, 5.41) is 4.24. The summed E-state index contributed by atoms with van der Waals surface area (Å²) >= 11 is 0. The van der Waals surface area contributed by atoms with E-state index in [-0.39, 0.29) is 11.5 Å². The highest BCUT2D eigenvalue weighted by Gasteiger charge is 2.44. The Morgan fingerprint density at radius 2 is 2.00 bits per heavy atom. The molecule has 0 saturated carbocycles. The fraction of sp³-hybridized carbons (Fsp3) is 0.300. The van der Waals surface area contributed by atoms with Crippen LogP contribution in [-0.4, -0.2) is 51.1 Å². The van der Waals surface area contributed by atoms with E-state index in [2.05, 4.69) is 10.1 Å². The van der Waals surface area contributed by atoms with Gasteiger partial charge >= 0.3 is 5.97 Å². The molecule has 3 aromatic rings. The maximum atomic E-state index is 13.2. The molecular formula is C20H20N4O4. The van der Waals surface area contributed by atoms with Gasteiger partial charge in [0.2, 0.25) is 0 Å². The molecule has 28 heavy (non-hydrogen) atoms. The van der Waals surface area contributed by atoms with Gasteiger partial charge in [0, 0.05) is 24.7 Å². The lowest BCUT2D eigenvalue weighted by Crippen LogP contribution is -2.45. The summed E-state index contributed by atoms with van der Waals surface area (Å²) in [6, 6.07) is 10.5. The molecule has 0 spiro atoms. The highest BCUT2D eigenvalue weighted by atomic mass is 16.5. The molecule has 1 aromatic carbocycles. The van der Waals surface area contributed by atoms with Crippen molar-refractivity contribution in [2.75, 3.05) is 13.7 Å². The number of nitrogens with one attached hydrogen (secondary N) is 1. The number of aromatic amines is 1. The van der Waals surface area contributed by atoms with Crippen LogP contribution < -0.4 is 5.56 Å². The fourth-order valence-corrected chi connectivity index (χ4v) is 3.86. The summed E-state index contributed by atoms with van der Waals surface area (Å²) in [6.45, 7) is 2.15. The number of carbonyl (C=O) groups excluding carboxylic acids is 2. The van der Waals surface area contributed by atoms with E-state index < -0.39 is 23.5 Å². The summed E-state index contributed by atoms with van der Waals surface area (Å²) < 4.78 is 6.43. The monoisotopic (exact) mass is 380 g/mol. The second-order valence-electron chi connectivity index (χ2n) is 6.88. The van der Waals surface area contributed by atoms with E-state index in [1.54, 1.807) is 13.0 Å². The average Bonchev–Trinajstić information content (AvgIpc) is 3.29. The summed E-state index contributed by atoms with van der Waals surface area (Å²) in [5.74, 6) is -1.19. The lowest BCUT2D eigenvalue weighted by atomic mass is 9.91. The van der Waals surface area contributed by atoms with Gasteiger partial charge in [-0.1, -0.05) is 30.3 Å². The minimum absolute atomic E-state index is 0.0572. The van der Waals surface area contributed by atoms with Crippen molar-refractivity contribution >= 4 is 17.5 Å². The number of rotatable bonds is 3. The molecule has 2 atom stereocenters. The number of nitrogens with zero attached hydrogens (tertiary/aromatic N) is 3. The minimum Gasteiger partial charge on any atom is -0.467 e. The van der Waals surface area contributed by atoms with Gasteiger partial charge in [0.15, 0.2) is 0 Å². The number of esters is 1. The van der Waals surface area contributed by atoms with Gasteiger partial charge in [-0.05, 0) is 18.9 Å². The molecule has 8 heteroatoms. The molecule has 0 aliphatic carbocycles. The quantitative estimate of drug-likeness (QED) is 0.695. The number of fused-ring (bicyclic) bond motifs is 1. The number of benzene rings is 1. The van der Waals surface area contributed by atoms with E-state index in [1.165, 1.54) is 22.7 Å². The first-order chi connectivity index (χ1) is 13.5. The van der Waals surface area contributed by atoms with E-state index in [9.17, 15) is 14.4 Å². The molecule has 8 nitrogen and oxygen atoms in total. The molecule has 0 radical (unpaired) electrons. The number of methoxy groups -OCH3 is 1. The Hall–Kier alpha value is -3.42. The third kappa shape index (κ3) is 2.96. The van der Waals surface area contributed by atoms with Crippen molar-refractivity contribution in [3.05, 3.63) is 69.8 Å². The molecule has 144 valence electrons. The van der Waals surface area contributed by atoms with Crippen LogP contribution in [0.3, 0.4) is 0 Å². The van der Waals surface area contributed by atoms with Gasteiger partial charge in [-0.15, -0.1) is 0 Å². The average molecular weight is 380 g/mol. The number of likely N-dealkylation sites (tertiary alicyclic amines) is 1. The van der Waals surface area contributed by atoms with Crippen LogP contribution in [0.1, 0.15) is 34.0 Å². The Morgan fingerprint density at radius 3 is 2.71 bits per heavy atom. The number of aryl methyl sites for hydroxylation is 1. The van der Waals surface area contributed by atoms with Gasteiger partial charge in [-0.3, -0.25) is 9.59 Å². The Kier molecular flexibility index (Phi) is 4.46. The van der Waals surface area contributed by atoms with Gasteiger partial charge in [0.05, 0.1) is 12.8 Å². The number of aromatic nitrogens is 3. The zero-order valence-corrected chi connectivity index (χ0v) is 15.6. The smallest absolute Gasteiger partial charge is 0.329 e. The summed E-state index contributed by atoms with van der Waals surface area (Å²) in [7, 11) is 1.30. The minimum atomic E-state index is -0.783. The van der Waals surface area contributed by atoms with E-state index >= 15 is 0 Å². The van der Waals surface area contributed by atoms with Crippen LogP contribution in [0, 0.1) is 6.92 Å². The standard InChI is InChI=1S/C20H20N4O4/c1-12-10-16-21-18(25)15(11-24(16)22-12)19(26)23-9-8-14(17(23)20(27)28-2)13-6-4-3-5-7-13/h3-7,10-11,14,17H,8-9H2,1-2H3,(H,21,25). The van der Waals surface area contributed by atoms with Gasteiger partial charge in [-0.2, -0.15) is 5.10 Å². The van der Waals surface area contributed by atoms with Crippen molar-refractivity contribution < 1.29 is 14.3 Å². The molecule has 2 unspecified atom stereocenters. The van der Waals surface area contributed by atoms with Gasteiger partial charge < -0.3 is 14.6 Å². The van der Waals surface area contributed by atoms with Crippen LogP contribution in [0.25, 0.3) is 5.65 Å². The molecule has 3 heterocycles. The van der Waals surface area contributed by atoms with Crippen LogP contribution >= 0.6 is 0 Å².